The molecule has 3 amide bonds. The van der Waals surface area contributed by atoms with E-state index in [0.29, 0.717) is 83.0 Å². The number of benzene rings is 4. The Bertz CT molecular complexity index is 2780. The van der Waals surface area contributed by atoms with Gasteiger partial charge in [0.15, 0.2) is 0 Å². The number of anilines is 1. The van der Waals surface area contributed by atoms with Crippen LogP contribution in [0.5, 0.6) is 0 Å². The van der Waals surface area contributed by atoms with Crippen LogP contribution in [0, 0.1) is 33.8 Å². The number of carbonyl (C=O) groups is 3. The first kappa shape index (κ1) is 64.6. The zero-order valence-corrected chi connectivity index (χ0v) is 49.3. The number of carbonyl (C=O) groups excluding carboxylic acids is 3. The summed E-state index contributed by atoms with van der Waals surface area (Å²) in [5.74, 6) is -0.199. The van der Waals surface area contributed by atoms with Crippen LogP contribution in [0.25, 0.3) is 0 Å². The number of non-ortho nitro benzene ring substituents is 1. The van der Waals surface area contributed by atoms with Crippen LogP contribution in [0.4, 0.5) is 21.0 Å². The largest absolute Gasteiger partial charge is 0.453 e. The van der Waals surface area contributed by atoms with Crippen LogP contribution in [-0.2, 0) is 34.3 Å². The fraction of sp³-hybridized carbons (Fsp3) is 0.534. The molecule has 4 aromatic carbocycles. The lowest BCUT2D eigenvalue weighted by molar-refractivity contribution is -0.384. The van der Waals surface area contributed by atoms with E-state index in [4.69, 9.17) is 20.9 Å². The third-order valence-electron chi connectivity index (χ3n) is 14.3. The Morgan fingerprint density at radius 3 is 1.75 bits per heavy atom. The Balaban J connectivity index is 0.000000308. The third-order valence-corrected chi connectivity index (χ3v) is 18.2. The van der Waals surface area contributed by atoms with Crippen LogP contribution in [0.3, 0.4) is 0 Å². The summed E-state index contributed by atoms with van der Waals surface area (Å²) in [7, 11) is -6.44. The van der Waals surface area contributed by atoms with Gasteiger partial charge in [-0.3, -0.25) is 14.9 Å². The normalized spacial score (nSPS) is 18.1. The van der Waals surface area contributed by atoms with Crippen molar-refractivity contribution in [1.82, 2.24) is 29.5 Å². The van der Waals surface area contributed by atoms with Crippen molar-refractivity contribution >= 4 is 49.5 Å². The number of nitrogens with zero attached hydrogens (tertiary/aromatic N) is 4. The number of likely N-dealkylation sites (tertiary alicyclic amines) is 1. The predicted molar refractivity (Wildman–Crippen MR) is 310 cm³/mol. The molecule has 2 heterocycles. The summed E-state index contributed by atoms with van der Waals surface area (Å²) in [6.07, 6.45) is 2.95. The molecular weight excluding hydrogens is 1060 g/mol. The molecule has 2 saturated heterocycles. The Morgan fingerprint density at radius 2 is 1.26 bits per heavy atom. The number of nitrogen functional groups attached to an aromatic ring is 1. The summed E-state index contributed by atoms with van der Waals surface area (Å²) < 4.78 is 68.7. The number of nitro groups is 1. The quantitative estimate of drug-likeness (QED) is 0.0182. The number of rotatable bonds is 25. The average Bonchev–Trinajstić information content (AvgIpc) is 4.12. The number of nitro benzene ring substituents is 1. The summed E-state index contributed by atoms with van der Waals surface area (Å²) in [6.45, 7) is 17.0. The molecular formula is C58H85N9O11S2. The van der Waals surface area contributed by atoms with Gasteiger partial charge in [0.05, 0.1) is 21.8 Å². The second-order valence-corrected chi connectivity index (χ2v) is 26.2. The Labute approximate surface area is 473 Å². The van der Waals surface area contributed by atoms with Crippen molar-refractivity contribution < 1.29 is 45.6 Å². The molecule has 0 radical (unpaired) electrons. The van der Waals surface area contributed by atoms with Crippen molar-refractivity contribution in [3.63, 3.8) is 0 Å². The maximum Gasteiger partial charge on any atom is 0.410 e. The van der Waals surface area contributed by atoms with Crippen LogP contribution in [0.15, 0.2) is 119 Å². The van der Waals surface area contributed by atoms with Gasteiger partial charge in [-0.1, -0.05) is 88.4 Å². The van der Waals surface area contributed by atoms with Gasteiger partial charge in [-0.25, -0.2) is 26.4 Å². The van der Waals surface area contributed by atoms with Crippen molar-refractivity contribution in [3.05, 3.63) is 130 Å². The summed E-state index contributed by atoms with van der Waals surface area (Å²) in [4.78, 5) is 51.2. The van der Waals surface area contributed by atoms with E-state index in [1.165, 1.54) is 35.7 Å². The fourth-order valence-corrected chi connectivity index (χ4v) is 13.5. The highest BCUT2D eigenvalue weighted by Gasteiger charge is 2.45. The zero-order chi connectivity index (χ0) is 58.8. The summed E-state index contributed by atoms with van der Waals surface area (Å²) in [5, 5.41) is 20.2. The number of alkyl carbamates (subject to hydrolysis) is 1. The van der Waals surface area contributed by atoms with Gasteiger partial charge in [0.25, 0.3) is 5.69 Å². The van der Waals surface area contributed by atoms with Crippen LogP contribution in [0.2, 0.25) is 0 Å². The molecule has 20 nitrogen and oxygen atoms in total. The van der Waals surface area contributed by atoms with Gasteiger partial charge in [0.2, 0.25) is 26.0 Å². The molecule has 7 N–H and O–H groups in total. The van der Waals surface area contributed by atoms with Crippen molar-refractivity contribution in [2.45, 2.75) is 126 Å². The van der Waals surface area contributed by atoms with Crippen LogP contribution >= 0.6 is 0 Å². The number of ether oxygens (including phenoxy) is 2. The number of methoxy groups -OCH3 is 1. The zero-order valence-electron chi connectivity index (χ0n) is 47.7. The monoisotopic (exact) mass is 1150 g/mol. The third kappa shape index (κ3) is 18.4. The molecule has 0 unspecified atom stereocenters. The van der Waals surface area contributed by atoms with Gasteiger partial charge in [-0.2, -0.15) is 8.61 Å². The second kappa shape index (κ2) is 30.0. The molecule has 22 heteroatoms. The van der Waals surface area contributed by atoms with E-state index in [2.05, 4.69) is 29.8 Å². The van der Waals surface area contributed by atoms with E-state index >= 15 is 0 Å². The van der Waals surface area contributed by atoms with Crippen molar-refractivity contribution in [3.8, 4) is 0 Å². The molecule has 6 rings (SSSR count). The molecule has 4 aromatic rings. The number of hydrogen-bond donors (Lipinski definition) is 5. The lowest BCUT2D eigenvalue weighted by Gasteiger charge is -2.32. The van der Waals surface area contributed by atoms with Crippen molar-refractivity contribution in [2.75, 3.05) is 65.2 Å². The standard InChI is InChI=1S/C35H47N5O5S.C23H38N4O6S/c1-25(2)20-22-40(46(43,44)30-18-16-29(36)17-19-30)31-24-37-23-28(31)15-10-21-38-34(41)33(39-35(42)45-3)32(26-11-6-4-7-12-26)27-13-8-5-9-14-27;1-17(2)12-14-26(34(31,32)20-10-8-19(9-11-20)27(29)30)21-16-25(15-18(21)7-6-13-24)22(28)33-23(3,4)5/h4-9,11-14,16-19,25,28,31-33,37H,10,15,20-24,36H2,1-3H3,(H,38,41)(H,39,42);8-11,17-18,21H,6-7,12-16,24H2,1-5H3/t28-,31-,33+;18-,21-/m11/s1. The molecule has 0 aromatic heterocycles. The summed E-state index contributed by atoms with van der Waals surface area (Å²) >= 11 is 0. The highest BCUT2D eigenvalue weighted by molar-refractivity contribution is 7.89. The maximum absolute atomic E-state index is 13.8. The molecule has 2 aliphatic rings. The van der Waals surface area contributed by atoms with E-state index in [1.807, 2.05) is 74.5 Å². The van der Waals surface area contributed by atoms with Gasteiger partial charge >= 0.3 is 12.2 Å². The number of nitrogens with one attached hydrogen (secondary N) is 3. The minimum atomic E-state index is -3.96. The van der Waals surface area contributed by atoms with E-state index in [1.54, 1.807) is 54.2 Å². The van der Waals surface area contributed by atoms with Gasteiger partial charge in [-0.15, -0.1) is 0 Å². The van der Waals surface area contributed by atoms with Crippen molar-refractivity contribution in [2.24, 2.45) is 29.4 Å². The summed E-state index contributed by atoms with van der Waals surface area (Å²) in [6, 6.07) is 28.9. The molecule has 5 atom stereocenters. The number of nitrogens with two attached hydrogens (primary N) is 2. The fourth-order valence-electron chi connectivity index (χ4n) is 10.1. The van der Waals surface area contributed by atoms with Gasteiger partial charge in [0.1, 0.15) is 11.6 Å². The number of sulfonamides is 2. The first-order valence-corrected chi connectivity index (χ1v) is 30.5. The molecule has 80 heavy (non-hydrogen) atoms. The average molecular weight is 1150 g/mol. The van der Waals surface area contributed by atoms with E-state index in [0.717, 1.165) is 17.5 Å². The molecule has 0 aliphatic carbocycles. The smallest absolute Gasteiger partial charge is 0.410 e. The highest BCUT2D eigenvalue weighted by atomic mass is 32.2. The topological polar surface area (TPSA) is 279 Å². The Kier molecular flexibility index (Phi) is 24.3. The first-order chi connectivity index (χ1) is 37.9. The lowest BCUT2D eigenvalue weighted by Crippen LogP contribution is -2.50. The van der Waals surface area contributed by atoms with E-state index in [9.17, 15) is 41.3 Å². The minimum Gasteiger partial charge on any atom is -0.453 e. The number of amides is 3. The van der Waals surface area contributed by atoms with E-state index < -0.39 is 60.8 Å². The molecule has 0 saturated carbocycles. The first-order valence-electron chi connectivity index (χ1n) is 27.6. The van der Waals surface area contributed by atoms with Gasteiger partial charge < -0.3 is 41.8 Å². The molecule has 2 fully saturated rings. The molecule has 0 bridgehead atoms. The van der Waals surface area contributed by atoms with E-state index in [-0.39, 0.29) is 58.3 Å². The molecule has 440 valence electrons. The minimum absolute atomic E-state index is 0.00449. The van der Waals surface area contributed by atoms with Crippen LogP contribution in [0.1, 0.15) is 104 Å². The molecule has 0 spiro atoms. The van der Waals surface area contributed by atoms with Crippen LogP contribution < -0.4 is 27.4 Å². The van der Waals surface area contributed by atoms with Crippen molar-refractivity contribution in [1.29, 1.82) is 0 Å². The van der Waals surface area contributed by atoms with Gasteiger partial charge in [0, 0.05) is 75.1 Å². The SMILES string of the molecule is CC(C)CCN([C@@H]1CN(C(=O)OC(C)(C)C)C[C@H]1CCCN)S(=O)(=O)c1ccc([N+](=O)[O-])cc1.COC(=O)N[C@H](C(=O)NCCC[C@@H]1CNC[C@H]1N(CCC(C)C)S(=O)(=O)c1ccc(N)cc1)C(c1ccccc1)c1ccccc1. The Hall–Kier alpha value is -6.17. The highest BCUT2D eigenvalue weighted by Crippen LogP contribution is 2.34. The van der Waals surface area contributed by atoms with Gasteiger partial charge in [-0.05, 0) is 144 Å². The predicted octanol–water partition coefficient (Wildman–Crippen LogP) is 7.95. The number of hydrogen-bond acceptors (Lipinski definition) is 14. The second-order valence-electron chi connectivity index (χ2n) is 22.4. The summed E-state index contributed by atoms with van der Waals surface area (Å²) in [5.41, 5.74) is 13.0. The Morgan fingerprint density at radius 1 is 0.750 bits per heavy atom. The maximum atomic E-state index is 13.8. The molecule has 2 aliphatic heterocycles. The lowest BCUT2D eigenvalue weighted by atomic mass is 9.84. The van der Waals surface area contributed by atoms with Crippen LogP contribution in [-0.4, -0.2) is 137 Å².